The fourth-order valence-electron chi connectivity index (χ4n) is 3.39. The van der Waals surface area contributed by atoms with Crippen LogP contribution in [0, 0.1) is 0 Å². The first kappa shape index (κ1) is 20.5. The van der Waals surface area contributed by atoms with E-state index in [0.717, 1.165) is 22.6 Å². The Bertz CT molecular complexity index is 1250. The molecule has 0 saturated carbocycles. The van der Waals surface area contributed by atoms with Crippen LogP contribution < -0.4 is 14.2 Å². The van der Waals surface area contributed by atoms with Gasteiger partial charge in [-0.15, -0.1) is 0 Å². The lowest BCUT2D eigenvalue weighted by atomic mass is 10.1. The van der Waals surface area contributed by atoms with E-state index in [2.05, 4.69) is 4.98 Å². The minimum atomic E-state index is -0.416. The third-order valence-electron chi connectivity index (χ3n) is 4.93. The number of carbonyl (C=O) groups excluding carboxylic acids is 1. The van der Waals surface area contributed by atoms with E-state index in [1.807, 2.05) is 43.3 Å². The van der Waals surface area contributed by atoms with Crippen LogP contribution in [0.5, 0.6) is 23.0 Å². The molecule has 0 amide bonds. The van der Waals surface area contributed by atoms with Crippen molar-refractivity contribution in [1.29, 1.82) is 0 Å². The number of ether oxygens (including phenoxy) is 4. The van der Waals surface area contributed by atoms with Gasteiger partial charge in [-0.3, -0.25) is 4.98 Å². The maximum absolute atomic E-state index is 12.8. The van der Waals surface area contributed by atoms with Gasteiger partial charge in [0.15, 0.2) is 11.5 Å². The molecule has 1 heterocycles. The average molecular weight is 417 g/mol. The Kier molecular flexibility index (Phi) is 5.89. The molecule has 0 saturated heterocycles. The molecule has 0 fully saturated rings. The summed E-state index contributed by atoms with van der Waals surface area (Å²) >= 11 is 0. The molecule has 0 aliphatic heterocycles. The molecule has 0 spiro atoms. The van der Waals surface area contributed by atoms with Gasteiger partial charge in [-0.05, 0) is 41.5 Å². The first-order chi connectivity index (χ1) is 15.1. The Morgan fingerprint density at radius 1 is 0.871 bits per heavy atom. The minimum absolute atomic E-state index is 0.348. The summed E-state index contributed by atoms with van der Waals surface area (Å²) < 4.78 is 22.5. The number of nitrogens with zero attached hydrogens (tertiary/aromatic N) is 1. The van der Waals surface area contributed by atoms with Gasteiger partial charge in [0, 0.05) is 17.6 Å². The molecular weight excluding hydrogens is 394 g/mol. The lowest BCUT2D eigenvalue weighted by molar-refractivity contribution is 0.0502. The average Bonchev–Trinajstić information content (AvgIpc) is 2.81. The van der Waals surface area contributed by atoms with E-state index in [9.17, 15) is 4.79 Å². The predicted octanol–water partition coefficient (Wildman–Crippen LogP) is 5.76. The fourth-order valence-corrected chi connectivity index (χ4v) is 3.39. The summed E-state index contributed by atoms with van der Waals surface area (Å²) in [6, 6.07) is 16.8. The molecule has 4 aromatic rings. The smallest absolute Gasteiger partial charge is 0.341 e. The molecule has 0 unspecified atom stereocenters. The summed E-state index contributed by atoms with van der Waals surface area (Å²) in [4.78, 5) is 17.2. The van der Waals surface area contributed by atoms with Gasteiger partial charge in [0.25, 0.3) is 0 Å². The summed E-state index contributed by atoms with van der Waals surface area (Å²) in [5.41, 5.74) is 1.06. The van der Waals surface area contributed by atoms with Gasteiger partial charge in [0.1, 0.15) is 17.1 Å². The first-order valence-corrected chi connectivity index (χ1v) is 10.0. The van der Waals surface area contributed by atoms with Crippen molar-refractivity contribution in [2.45, 2.75) is 13.3 Å². The predicted molar refractivity (Wildman–Crippen MR) is 119 cm³/mol. The van der Waals surface area contributed by atoms with Gasteiger partial charge in [-0.2, -0.15) is 0 Å². The van der Waals surface area contributed by atoms with E-state index in [-0.39, 0.29) is 0 Å². The maximum atomic E-state index is 12.8. The number of esters is 1. The molecule has 3 aromatic carbocycles. The molecule has 6 nitrogen and oxygen atoms in total. The van der Waals surface area contributed by atoms with Crippen LogP contribution in [0.2, 0.25) is 0 Å². The number of hydrogen-bond donors (Lipinski definition) is 0. The molecule has 0 aliphatic carbocycles. The van der Waals surface area contributed by atoms with Crippen LogP contribution >= 0.6 is 0 Å². The zero-order chi connectivity index (χ0) is 21.8. The summed E-state index contributed by atoms with van der Waals surface area (Å²) in [6.45, 7) is 2.30. The highest BCUT2D eigenvalue weighted by atomic mass is 16.5. The third-order valence-corrected chi connectivity index (χ3v) is 4.93. The zero-order valence-electron chi connectivity index (χ0n) is 17.7. The first-order valence-electron chi connectivity index (χ1n) is 10.0. The molecular formula is C25H23NO5. The van der Waals surface area contributed by atoms with Crippen molar-refractivity contribution in [2.75, 3.05) is 20.8 Å². The number of fused-ring (bicyclic) bond motifs is 2. The van der Waals surface area contributed by atoms with Gasteiger partial charge in [0.05, 0.1) is 26.3 Å². The number of carbonyl (C=O) groups is 1. The van der Waals surface area contributed by atoms with Gasteiger partial charge in [-0.1, -0.05) is 31.2 Å². The molecule has 0 atom stereocenters. The van der Waals surface area contributed by atoms with Crippen molar-refractivity contribution in [3.05, 3.63) is 66.4 Å². The highest BCUT2D eigenvalue weighted by Gasteiger charge is 2.18. The van der Waals surface area contributed by atoms with Crippen LogP contribution in [-0.2, 0) is 4.74 Å². The fraction of sp³-hybridized carbons (Fsp3) is 0.200. The van der Waals surface area contributed by atoms with E-state index in [4.69, 9.17) is 18.9 Å². The van der Waals surface area contributed by atoms with Crippen LogP contribution in [0.25, 0.3) is 21.7 Å². The molecule has 0 aliphatic rings. The molecule has 0 N–H and O–H groups in total. The Hall–Kier alpha value is -3.80. The summed E-state index contributed by atoms with van der Waals surface area (Å²) in [5.74, 6) is 1.69. The molecule has 0 radical (unpaired) electrons. The molecule has 4 rings (SSSR count). The van der Waals surface area contributed by atoms with Crippen LogP contribution in [-0.4, -0.2) is 31.8 Å². The van der Waals surface area contributed by atoms with Crippen LogP contribution in [0.3, 0.4) is 0 Å². The van der Waals surface area contributed by atoms with Gasteiger partial charge < -0.3 is 18.9 Å². The van der Waals surface area contributed by atoms with Crippen molar-refractivity contribution < 1.29 is 23.7 Å². The van der Waals surface area contributed by atoms with Crippen molar-refractivity contribution in [2.24, 2.45) is 0 Å². The van der Waals surface area contributed by atoms with Crippen molar-refractivity contribution >= 4 is 27.6 Å². The quantitative estimate of drug-likeness (QED) is 0.356. The normalized spacial score (nSPS) is 10.8. The lowest BCUT2D eigenvalue weighted by Crippen LogP contribution is -2.08. The van der Waals surface area contributed by atoms with Crippen molar-refractivity contribution in [3.8, 4) is 23.0 Å². The van der Waals surface area contributed by atoms with Crippen molar-refractivity contribution in [3.63, 3.8) is 0 Å². The zero-order valence-corrected chi connectivity index (χ0v) is 17.7. The van der Waals surface area contributed by atoms with E-state index >= 15 is 0 Å². The maximum Gasteiger partial charge on any atom is 0.341 e. The summed E-state index contributed by atoms with van der Waals surface area (Å²) in [7, 11) is 3.15. The summed E-state index contributed by atoms with van der Waals surface area (Å²) in [6.07, 6.45) is 2.39. The molecule has 158 valence electrons. The van der Waals surface area contributed by atoms with Crippen LogP contribution in [0.15, 0.2) is 60.8 Å². The van der Waals surface area contributed by atoms with Gasteiger partial charge in [-0.25, -0.2) is 4.79 Å². The SMILES string of the molecule is CCCOC(=O)c1cc2ccccc2cc1Oc1ccnc2cc(OC)c(OC)cc12. The lowest BCUT2D eigenvalue weighted by Gasteiger charge is -2.15. The number of aromatic nitrogens is 1. The molecule has 31 heavy (non-hydrogen) atoms. The highest BCUT2D eigenvalue weighted by Crippen LogP contribution is 2.38. The van der Waals surface area contributed by atoms with Crippen LogP contribution in [0.4, 0.5) is 0 Å². The number of hydrogen-bond acceptors (Lipinski definition) is 6. The highest BCUT2D eigenvalue weighted by molar-refractivity contribution is 5.99. The Morgan fingerprint density at radius 3 is 2.29 bits per heavy atom. The number of methoxy groups -OCH3 is 2. The van der Waals surface area contributed by atoms with Crippen LogP contribution in [0.1, 0.15) is 23.7 Å². The Balaban J connectivity index is 1.84. The number of benzene rings is 3. The van der Waals surface area contributed by atoms with E-state index in [0.29, 0.717) is 40.7 Å². The Morgan fingerprint density at radius 2 is 1.58 bits per heavy atom. The molecule has 0 bridgehead atoms. The number of rotatable bonds is 7. The standard InChI is InChI=1S/C25H23NO5/c1-4-11-30-25(27)19-12-16-7-5-6-8-17(16)13-22(19)31-21-9-10-26-20-15-24(29-3)23(28-2)14-18(20)21/h5-10,12-15H,4,11H2,1-3H3. The Labute approximate surface area is 180 Å². The summed E-state index contributed by atoms with van der Waals surface area (Å²) in [5, 5.41) is 2.63. The third kappa shape index (κ3) is 4.10. The molecule has 1 aromatic heterocycles. The second-order valence-corrected chi connectivity index (χ2v) is 6.97. The van der Waals surface area contributed by atoms with Crippen molar-refractivity contribution in [1.82, 2.24) is 4.98 Å². The van der Waals surface area contributed by atoms with E-state index in [1.54, 1.807) is 38.6 Å². The van der Waals surface area contributed by atoms with E-state index < -0.39 is 5.97 Å². The number of pyridine rings is 1. The molecule has 6 heteroatoms. The van der Waals surface area contributed by atoms with E-state index in [1.165, 1.54) is 0 Å². The monoisotopic (exact) mass is 417 g/mol. The minimum Gasteiger partial charge on any atom is -0.493 e. The second kappa shape index (κ2) is 8.92. The van der Waals surface area contributed by atoms with Gasteiger partial charge in [0.2, 0.25) is 0 Å². The van der Waals surface area contributed by atoms with Gasteiger partial charge >= 0.3 is 5.97 Å². The second-order valence-electron chi connectivity index (χ2n) is 6.97. The topological polar surface area (TPSA) is 66.9 Å². The largest absolute Gasteiger partial charge is 0.493 e.